The molecule has 1 heterocycles. The molecule has 26 heavy (non-hydrogen) atoms. The van der Waals surface area contributed by atoms with Crippen molar-refractivity contribution in [1.29, 1.82) is 0 Å². The molecule has 0 spiro atoms. The molecule has 8 heteroatoms. The molecule has 0 aliphatic heterocycles. The number of rotatable bonds is 5. The van der Waals surface area contributed by atoms with E-state index in [9.17, 15) is 13.6 Å². The van der Waals surface area contributed by atoms with E-state index in [0.717, 1.165) is 22.2 Å². The van der Waals surface area contributed by atoms with E-state index in [1.165, 1.54) is 6.07 Å². The fourth-order valence-electron chi connectivity index (χ4n) is 2.38. The van der Waals surface area contributed by atoms with Gasteiger partial charge in [-0.15, -0.1) is 0 Å². The highest BCUT2D eigenvalue weighted by Crippen LogP contribution is 2.23. The molecule has 3 rings (SSSR count). The lowest BCUT2D eigenvalue weighted by molar-refractivity contribution is 0.101. The van der Waals surface area contributed by atoms with E-state index in [2.05, 4.69) is 26.3 Å². The van der Waals surface area contributed by atoms with Crippen molar-refractivity contribution < 1.29 is 18.3 Å². The molecule has 2 aromatic carbocycles. The monoisotopic (exact) mass is 421 g/mol. The Morgan fingerprint density at radius 3 is 2.65 bits per heavy atom. The lowest BCUT2D eigenvalue weighted by Crippen LogP contribution is -2.16. The SMILES string of the molecule is COc1ccc(Br)c(Cn2ccc(NC(=O)c3c(F)cccc3F)n2)c1. The first-order valence-corrected chi connectivity index (χ1v) is 8.38. The molecule has 0 aliphatic rings. The molecule has 0 atom stereocenters. The molecular formula is C18H14BrF2N3O2. The topological polar surface area (TPSA) is 56.1 Å². The van der Waals surface area contributed by atoms with E-state index in [1.54, 1.807) is 24.1 Å². The zero-order valence-corrected chi connectivity index (χ0v) is 15.3. The van der Waals surface area contributed by atoms with Crippen molar-refractivity contribution in [1.82, 2.24) is 9.78 Å². The summed E-state index contributed by atoms with van der Waals surface area (Å²) in [5, 5.41) is 6.60. The molecule has 5 nitrogen and oxygen atoms in total. The molecule has 3 aromatic rings. The summed E-state index contributed by atoms with van der Waals surface area (Å²) in [7, 11) is 1.58. The van der Waals surface area contributed by atoms with Crippen LogP contribution in [-0.2, 0) is 6.54 Å². The van der Waals surface area contributed by atoms with Crippen LogP contribution in [0.2, 0.25) is 0 Å². The van der Waals surface area contributed by atoms with Gasteiger partial charge < -0.3 is 10.1 Å². The Hall–Kier alpha value is -2.74. The lowest BCUT2D eigenvalue weighted by atomic mass is 10.2. The normalized spacial score (nSPS) is 10.6. The number of hydrogen-bond acceptors (Lipinski definition) is 3. The minimum Gasteiger partial charge on any atom is -0.497 e. The van der Waals surface area contributed by atoms with E-state index in [4.69, 9.17) is 4.74 Å². The van der Waals surface area contributed by atoms with Crippen molar-refractivity contribution in [2.75, 3.05) is 12.4 Å². The highest BCUT2D eigenvalue weighted by Gasteiger charge is 2.18. The zero-order valence-electron chi connectivity index (χ0n) is 13.7. The third-order valence-electron chi connectivity index (χ3n) is 3.66. The first kappa shape index (κ1) is 18.1. The molecule has 0 bridgehead atoms. The average Bonchev–Trinajstić information content (AvgIpc) is 3.03. The Kier molecular flexibility index (Phi) is 5.32. The van der Waals surface area contributed by atoms with Crippen LogP contribution >= 0.6 is 15.9 Å². The van der Waals surface area contributed by atoms with Gasteiger partial charge in [-0.3, -0.25) is 9.48 Å². The molecule has 134 valence electrons. The minimum absolute atomic E-state index is 0.191. The van der Waals surface area contributed by atoms with Gasteiger partial charge in [-0.25, -0.2) is 8.78 Å². The number of ether oxygens (including phenoxy) is 1. The van der Waals surface area contributed by atoms with Crippen molar-refractivity contribution in [3.63, 3.8) is 0 Å². The number of nitrogens with zero attached hydrogens (tertiary/aromatic N) is 2. The fraction of sp³-hybridized carbons (Fsp3) is 0.111. The number of carbonyl (C=O) groups is 1. The highest BCUT2D eigenvalue weighted by atomic mass is 79.9. The van der Waals surface area contributed by atoms with Crippen LogP contribution in [0.5, 0.6) is 5.75 Å². The summed E-state index contributed by atoms with van der Waals surface area (Å²) in [6.45, 7) is 0.418. The summed E-state index contributed by atoms with van der Waals surface area (Å²) in [6.07, 6.45) is 1.65. The standard InChI is InChI=1S/C18H14BrF2N3O2/c1-26-12-5-6-13(19)11(9-12)10-24-8-7-16(23-24)22-18(25)17-14(20)3-2-4-15(17)21/h2-9H,10H2,1H3,(H,22,23,25). The third-order valence-corrected chi connectivity index (χ3v) is 4.43. The van der Waals surface area contributed by atoms with Gasteiger partial charge in [-0.05, 0) is 35.9 Å². The van der Waals surface area contributed by atoms with Crippen LogP contribution in [0, 0.1) is 11.6 Å². The van der Waals surface area contributed by atoms with Crippen molar-refractivity contribution in [3.05, 3.63) is 75.9 Å². The van der Waals surface area contributed by atoms with E-state index in [-0.39, 0.29) is 5.82 Å². The molecular weight excluding hydrogens is 408 g/mol. The van der Waals surface area contributed by atoms with Crippen molar-refractivity contribution in [2.45, 2.75) is 6.54 Å². The lowest BCUT2D eigenvalue weighted by Gasteiger charge is -2.08. The van der Waals surface area contributed by atoms with Crippen LogP contribution in [0.25, 0.3) is 0 Å². The summed E-state index contributed by atoms with van der Waals surface area (Å²) in [4.78, 5) is 12.1. The number of benzene rings is 2. The second-order valence-electron chi connectivity index (χ2n) is 5.41. The van der Waals surface area contributed by atoms with Crippen LogP contribution in [0.15, 0.2) is 53.1 Å². The molecule has 0 aliphatic carbocycles. The predicted molar refractivity (Wildman–Crippen MR) is 96.3 cm³/mol. The first-order chi connectivity index (χ1) is 12.5. The van der Waals surface area contributed by atoms with Gasteiger partial charge in [0.1, 0.15) is 22.9 Å². The number of carbonyl (C=O) groups excluding carboxylic acids is 1. The maximum atomic E-state index is 13.7. The number of amides is 1. The number of aromatic nitrogens is 2. The Morgan fingerprint density at radius 1 is 1.23 bits per heavy atom. The second kappa shape index (κ2) is 7.65. The molecule has 0 radical (unpaired) electrons. The Labute approximate surface area is 156 Å². The smallest absolute Gasteiger partial charge is 0.262 e. The number of nitrogens with one attached hydrogen (secondary N) is 1. The summed E-state index contributed by atoms with van der Waals surface area (Å²) >= 11 is 3.46. The first-order valence-electron chi connectivity index (χ1n) is 7.59. The molecule has 1 aromatic heterocycles. The second-order valence-corrected chi connectivity index (χ2v) is 6.26. The van der Waals surface area contributed by atoms with Gasteiger partial charge in [0, 0.05) is 16.7 Å². The number of halogens is 3. The van der Waals surface area contributed by atoms with Gasteiger partial charge in [-0.1, -0.05) is 22.0 Å². The van der Waals surface area contributed by atoms with Crippen molar-refractivity contribution >= 4 is 27.7 Å². The quantitative estimate of drug-likeness (QED) is 0.670. The van der Waals surface area contributed by atoms with Crippen LogP contribution in [0.1, 0.15) is 15.9 Å². The maximum Gasteiger partial charge on any atom is 0.262 e. The molecule has 1 amide bonds. The molecule has 1 N–H and O–H groups in total. The Bertz CT molecular complexity index is 939. The van der Waals surface area contributed by atoms with E-state index < -0.39 is 23.1 Å². The van der Waals surface area contributed by atoms with Crippen LogP contribution in [0.3, 0.4) is 0 Å². The molecule has 0 unspecified atom stereocenters. The summed E-state index contributed by atoms with van der Waals surface area (Å²) < 4.78 is 35.0. The highest BCUT2D eigenvalue weighted by molar-refractivity contribution is 9.10. The van der Waals surface area contributed by atoms with Crippen molar-refractivity contribution in [3.8, 4) is 5.75 Å². The fourth-order valence-corrected chi connectivity index (χ4v) is 2.76. The van der Waals surface area contributed by atoms with Gasteiger partial charge in [0.2, 0.25) is 0 Å². The third kappa shape index (κ3) is 3.91. The summed E-state index contributed by atoms with van der Waals surface area (Å²) in [5.41, 5.74) is 0.281. The van der Waals surface area contributed by atoms with Gasteiger partial charge in [-0.2, -0.15) is 5.10 Å². The van der Waals surface area contributed by atoms with E-state index in [0.29, 0.717) is 12.3 Å². The number of methoxy groups -OCH3 is 1. The van der Waals surface area contributed by atoms with Gasteiger partial charge in [0.15, 0.2) is 5.82 Å². The van der Waals surface area contributed by atoms with Crippen LogP contribution in [-0.4, -0.2) is 22.8 Å². The average molecular weight is 422 g/mol. The zero-order chi connectivity index (χ0) is 18.7. The number of hydrogen-bond donors (Lipinski definition) is 1. The molecule has 0 fully saturated rings. The van der Waals surface area contributed by atoms with Gasteiger partial charge >= 0.3 is 0 Å². The van der Waals surface area contributed by atoms with Gasteiger partial charge in [0.05, 0.1) is 13.7 Å². The molecule has 0 saturated heterocycles. The summed E-state index contributed by atoms with van der Waals surface area (Å²) in [6, 6.07) is 10.3. The Morgan fingerprint density at radius 2 is 1.96 bits per heavy atom. The van der Waals surface area contributed by atoms with Gasteiger partial charge in [0.25, 0.3) is 5.91 Å². The summed E-state index contributed by atoms with van der Waals surface area (Å²) in [5.74, 6) is -1.85. The van der Waals surface area contributed by atoms with Crippen LogP contribution < -0.4 is 10.1 Å². The number of anilines is 1. The Balaban J connectivity index is 1.75. The van der Waals surface area contributed by atoms with Crippen LogP contribution in [0.4, 0.5) is 14.6 Å². The predicted octanol–water partition coefficient (Wildman–Crippen LogP) is 4.23. The largest absolute Gasteiger partial charge is 0.497 e. The molecule has 0 saturated carbocycles. The maximum absolute atomic E-state index is 13.7. The minimum atomic E-state index is -0.928. The van der Waals surface area contributed by atoms with Crippen molar-refractivity contribution in [2.24, 2.45) is 0 Å². The van der Waals surface area contributed by atoms with E-state index >= 15 is 0 Å². The van der Waals surface area contributed by atoms with E-state index in [1.807, 2.05) is 18.2 Å².